The molecule has 4 aromatic rings. The highest BCUT2D eigenvalue weighted by Crippen LogP contribution is 2.26. The number of benzene rings is 2. The van der Waals surface area contributed by atoms with Crippen LogP contribution in [0.4, 0.5) is 4.39 Å². The fourth-order valence-corrected chi connectivity index (χ4v) is 3.95. The molecule has 0 aliphatic rings. The normalized spacial score (nSPS) is 12.9. The molecule has 0 aliphatic carbocycles. The van der Waals surface area contributed by atoms with Gasteiger partial charge in [-0.3, -0.25) is 9.59 Å². The Balaban J connectivity index is 1.53. The van der Waals surface area contributed by atoms with Crippen LogP contribution in [-0.4, -0.2) is 43.7 Å². The number of carbonyl (C=O) groups is 2. The summed E-state index contributed by atoms with van der Waals surface area (Å²) in [5.74, 6) is -2.25. The third-order valence-corrected chi connectivity index (χ3v) is 5.84. The number of carboxylic acid groups (broad SMARTS) is 1. The third-order valence-electron chi connectivity index (χ3n) is 5.37. The van der Waals surface area contributed by atoms with Crippen molar-refractivity contribution in [2.45, 2.75) is 24.9 Å². The van der Waals surface area contributed by atoms with Crippen molar-refractivity contribution in [1.29, 1.82) is 0 Å². The number of aromatic nitrogens is 3. The van der Waals surface area contributed by atoms with Gasteiger partial charge in [-0.1, -0.05) is 47.5 Å². The first-order chi connectivity index (χ1) is 16.7. The summed E-state index contributed by atoms with van der Waals surface area (Å²) in [6, 6.07) is 12.7. The standard InChI is InChI=1S/C24H20Cl2FN5O3/c25-15-5-6-19(27)18(10-15)14-3-1-13(2-4-14)9-17(12-20(28)24(34)35)29-23(33)22-30-21-11-16(26)7-8-32(21)31-22/h1-8,10-11,17,20H,9,12,28H2,(H,29,33)(H,34,35)/t17-,20-/m1/s1. The number of rotatable bonds is 8. The van der Waals surface area contributed by atoms with Crippen LogP contribution in [0.15, 0.2) is 60.8 Å². The van der Waals surface area contributed by atoms with Gasteiger partial charge in [-0.2, -0.15) is 0 Å². The second-order valence-corrected chi connectivity index (χ2v) is 8.83. The number of amides is 1. The van der Waals surface area contributed by atoms with Crippen molar-refractivity contribution >= 4 is 40.7 Å². The van der Waals surface area contributed by atoms with Crippen molar-refractivity contribution in [1.82, 2.24) is 19.9 Å². The second kappa shape index (κ2) is 10.4. The molecule has 0 radical (unpaired) electrons. The summed E-state index contributed by atoms with van der Waals surface area (Å²) >= 11 is 11.9. The molecule has 0 aliphatic heterocycles. The van der Waals surface area contributed by atoms with E-state index in [9.17, 15) is 19.1 Å². The van der Waals surface area contributed by atoms with Gasteiger partial charge in [-0.15, -0.1) is 5.10 Å². The van der Waals surface area contributed by atoms with Crippen LogP contribution in [0.2, 0.25) is 10.0 Å². The van der Waals surface area contributed by atoms with Crippen molar-refractivity contribution in [3.05, 3.63) is 88.0 Å². The van der Waals surface area contributed by atoms with Crippen molar-refractivity contribution in [2.75, 3.05) is 0 Å². The molecule has 2 aromatic heterocycles. The van der Waals surface area contributed by atoms with Crippen molar-refractivity contribution in [3.8, 4) is 11.1 Å². The lowest BCUT2D eigenvalue weighted by Gasteiger charge is -2.20. The lowest BCUT2D eigenvalue weighted by Crippen LogP contribution is -2.43. The largest absolute Gasteiger partial charge is 0.480 e. The summed E-state index contributed by atoms with van der Waals surface area (Å²) in [6.07, 6.45) is 1.83. The van der Waals surface area contributed by atoms with E-state index < -0.39 is 29.8 Å². The number of halogens is 3. The number of hydrogen-bond acceptors (Lipinski definition) is 5. The maximum Gasteiger partial charge on any atom is 0.320 e. The van der Waals surface area contributed by atoms with Crippen LogP contribution in [0.25, 0.3) is 16.8 Å². The summed E-state index contributed by atoms with van der Waals surface area (Å²) < 4.78 is 15.6. The smallest absolute Gasteiger partial charge is 0.320 e. The van der Waals surface area contributed by atoms with Crippen LogP contribution in [0.1, 0.15) is 22.6 Å². The Morgan fingerprint density at radius 3 is 2.51 bits per heavy atom. The highest BCUT2D eigenvalue weighted by atomic mass is 35.5. The van der Waals surface area contributed by atoms with E-state index in [0.29, 0.717) is 26.8 Å². The molecule has 4 rings (SSSR count). The van der Waals surface area contributed by atoms with Gasteiger partial charge in [-0.25, -0.2) is 13.9 Å². The van der Waals surface area contributed by atoms with Crippen LogP contribution >= 0.6 is 23.2 Å². The van der Waals surface area contributed by atoms with E-state index in [1.165, 1.54) is 22.7 Å². The van der Waals surface area contributed by atoms with E-state index in [4.69, 9.17) is 28.9 Å². The van der Waals surface area contributed by atoms with Crippen molar-refractivity contribution in [3.63, 3.8) is 0 Å². The topological polar surface area (TPSA) is 123 Å². The van der Waals surface area contributed by atoms with Gasteiger partial charge in [0.05, 0.1) is 0 Å². The van der Waals surface area contributed by atoms with Crippen molar-refractivity contribution < 1.29 is 19.1 Å². The van der Waals surface area contributed by atoms with E-state index >= 15 is 0 Å². The van der Waals surface area contributed by atoms with Gasteiger partial charge in [0.2, 0.25) is 5.82 Å². The lowest BCUT2D eigenvalue weighted by molar-refractivity contribution is -0.138. The molecule has 0 saturated carbocycles. The van der Waals surface area contributed by atoms with Gasteiger partial charge < -0.3 is 16.2 Å². The molecule has 11 heteroatoms. The van der Waals surface area contributed by atoms with Gasteiger partial charge in [-0.05, 0) is 48.2 Å². The van der Waals surface area contributed by atoms with Crippen LogP contribution in [0.3, 0.4) is 0 Å². The predicted molar refractivity (Wildman–Crippen MR) is 130 cm³/mol. The quantitative estimate of drug-likeness (QED) is 0.326. The number of pyridine rings is 1. The Morgan fingerprint density at radius 1 is 1.09 bits per heavy atom. The Hall–Kier alpha value is -3.53. The minimum atomic E-state index is -1.19. The number of aliphatic carboxylic acids is 1. The summed E-state index contributed by atoms with van der Waals surface area (Å²) in [7, 11) is 0. The summed E-state index contributed by atoms with van der Waals surface area (Å²) in [6.45, 7) is 0. The molecule has 35 heavy (non-hydrogen) atoms. The first-order valence-corrected chi connectivity index (χ1v) is 11.3. The van der Waals surface area contributed by atoms with E-state index in [1.807, 2.05) is 0 Å². The number of nitrogens with two attached hydrogens (primary N) is 1. The molecule has 0 bridgehead atoms. The van der Waals surface area contributed by atoms with Gasteiger partial charge in [0.1, 0.15) is 11.9 Å². The molecule has 0 saturated heterocycles. The predicted octanol–water partition coefficient (Wildman–Crippen LogP) is 3.99. The van der Waals surface area contributed by atoms with Gasteiger partial charge in [0, 0.05) is 33.9 Å². The molecule has 0 spiro atoms. The number of hydrogen-bond donors (Lipinski definition) is 3. The maximum atomic E-state index is 14.2. The molecule has 2 atom stereocenters. The van der Waals surface area contributed by atoms with E-state index in [0.717, 1.165) is 5.56 Å². The number of carboxylic acids is 1. The highest BCUT2D eigenvalue weighted by molar-refractivity contribution is 6.31. The molecule has 4 N–H and O–H groups in total. The average molecular weight is 516 g/mol. The first kappa shape index (κ1) is 24.6. The highest BCUT2D eigenvalue weighted by Gasteiger charge is 2.23. The maximum absolute atomic E-state index is 14.2. The van der Waals surface area contributed by atoms with E-state index in [1.54, 1.807) is 42.6 Å². The zero-order valence-electron chi connectivity index (χ0n) is 18.2. The number of nitrogens with zero attached hydrogens (tertiary/aromatic N) is 3. The Bertz CT molecular complexity index is 1390. The van der Waals surface area contributed by atoms with Crippen LogP contribution in [0.5, 0.6) is 0 Å². The summed E-state index contributed by atoms with van der Waals surface area (Å²) in [5, 5.41) is 17.0. The average Bonchev–Trinajstić information content (AvgIpc) is 3.24. The monoisotopic (exact) mass is 515 g/mol. The summed E-state index contributed by atoms with van der Waals surface area (Å²) in [5.41, 5.74) is 7.91. The molecule has 180 valence electrons. The molecule has 2 heterocycles. The Morgan fingerprint density at radius 2 is 1.80 bits per heavy atom. The first-order valence-electron chi connectivity index (χ1n) is 10.5. The lowest BCUT2D eigenvalue weighted by atomic mass is 9.97. The zero-order valence-corrected chi connectivity index (χ0v) is 19.7. The second-order valence-electron chi connectivity index (χ2n) is 7.96. The van der Waals surface area contributed by atoms with E-state index in [-0.39, 0.29) is 18.7 Å². The Kier molecular flexibility index (Phi) is 7.30. The SMILES string of the molecule is N[C@H](C[C@@H](Cc1ccc(-c2cc(Cl)ccc2F)cc1)NC(=O)c1nc2cc(Cl)ccn2n1)C(=O)O. The number of nitrogens with one attached hydrogen (secondary N) is 1. The van der Waals surface area contributed by atoms with Crippen LogP contribution in [0, 0.1) is 5.82 Å². The van der Waals surface area contributed by atoms with Crippen LogP contribution in [-0.2, 0) is 11.2 Å². The van der Waals surface area contributed by atoms with E-state index in [2.05, 4.69) is 15.4 Å². The molecule has 1 amide bonds. The van der Waals surface area contributed by atoms with Gasteiger partial charge in [0.15, 0.2) is 5.65 Å². The molecule has 8 nitrogen and oxygen atoms in total. The minimum Gasteiger partial charge on any atom is -0.480 e. The number of fused-ring (bicyclic) bond motifs is 1. The fourth-order valence-electron chi connectivity index (χ4n) is 3.63. The third kappa shape index (κ3) is 5.94. The van der Waals surface area contributed by atoms with Gasteiger partial charge in [0.25, 0.3) is 5.91 Å². The zero-order chi connectivity index (χ0) is 25.1. The van der Waals surface area contributed by atoms with Crippen LogP contribution < -0.4 is 11.1 Å². The molecule has 0 fully saturated rings. The van der Waals surface area contributed by atoms with Gasteiger partial charge >= 0.3 is 5.97 Å². The fraction of sp³-hybridized carbons (Fsp3) is 0.167. The van der Waals surface area contributed by atoms with Crippen molar-refractivity contribution in [2.24, 2.45) is 5.73 Å². The molecular formula is C24H20Cl2FN5O3. The Labute approximate surface area is 209 Å². The number of carbonyl (C=O) groups excluding carboxylic acids is 1. The minimum absolute atomic E-state index is 0.0229. The molecule has 0 unspecified atom stereocenters. The molecule has 2 aromatic carbocycles. The summed E-state index contributed by atoms with van der Waals surface area (Å²) in [4.78, 5) is 28.3. The molecular weight excluding hydrogens is 496 g/mol.